The van der Waals surface area contributed by atoms with Crippen LogP contribution in [0.5, 0.6) is 0 Å². The maximum atomic E-state index is 2.64. The average Bonchev–Trinajstić information content (AvgIpc) is 3.60. The summed E-state index contributed by atoms with van der Waals surface area (Å²) in [5.74, 6) is 0. The molecule has 0 amide bonds. The van der Waals surface area contributed by atoms with Crippen molar-refractivity contribution < 1.29 is 46.1 Å². The first kappa shape index (κ1) is 36.0. The number of rotatable bonds is 4. The zero-order valence-electron chi connectivity index (χ0n) is 26.2. The summed E-state index contributed by atoms with van der Waals surface area (Å²) in [6, 6.07) is 31.1. The first-order valence-electron chi connectivity index (χ1n) is 14.8. The van der Waals surface area contributed by atoms with Crippen molar-refractivity contribution >= 4 is 51.7 Å². The molecule has 0 aliphatic heterocycles. The zero-order valence-corrected chi connectivity index (χ0v) is 34.4. The van der Waals surface area contributed by atoms with Gasteiger partial charge < -0.3 is 24.8 Å². The Morgan fingerprint density at radius 3 is 1.70 bits per heavy atom. The summed E-state index contributed by atoms with van der Waals surface area (Å²) in [5, 5.41) is 0. The fourth-order valence-corrected chi connectivity index (χ4v) is 14.9. The summed E-state index contributed by atoms with van der Waals surface area (Å²) in [4.78, 5) is 0. The normalized spacial score (nSPS) is 13.2. The van der Waals surface area contributed by atoms with Gasteiger partial charge in [-0.05, 0) is 0 Å². The molecule has 5 heteroatoms. The molecule has 0 nitrogen and oxygen atoms in total. The van der Waals surface area contributed by atoms with Gasteiger partial charge in [0.1, 0.15) is 0 Å². The van der Waals surface area contributed by atoms with Gasteiger partial charge in [-0.25, -0.2) is 0 Å². The average molecular weight is 923 g/mol. The Hall–Kier alpha value is -0.847. The van der Waals surface area contributed by atoms with Crippen LogP contribution in [0.1, 0.15) is 81.3 Å². The van der Waals surface area contributed by atoms with Gasteiger partial charge in [-0.15, -0.1) is 0 Å². The van der Waals surface area contributed by atoms with Crippen LogP contribution in [0.3, 0.4) is 0 Å². The van der Waals surface area contributed by atoms with Crippen LogP contribution in [0.25, 0.3) is 11.1 Å². The number of halogens is 4. The van der Waals surface area contributed by atoms with Crippen LogP contribution in [0.4, 0.5) is 0 Å². The molecule has 0 spiro atoms. The number of hydrogen-bond acceptors (Lipinski definition) is 0. The Balaban J connectivity index is 0.00000221. The Kier molecular flexibility index (Phi) is 11.5. The maximum absolute atomic E-state index is 2.69. The van der Waals surface area contributed by atoms with Crippen molar-refractivity contribution in [1.29, 1.82) is 0 Å². The second-order valence-corrected chi connectivity index (χ2v) is 22.2. The van der Waals surface area contributed by atoms with Crippen LogP contribution < -0.4 is 28.1 Å². The summed E-state index contributed by atoms with van der Waals surface area (Å²) < 4.78 is 7.50. The molecule has 4 aromatic rings. The Labute approximate surface area is 311 Å². The molecule has 6 rings (SSSR count). The molecule has 0 bridgehead atoms. The molecule has 2 aliphatic carbocycles. The number of hydrogen-bond donors (Lipinski definition) is 0. The van der Waals surface area contributed by atoms with E-state index in [0.717, 1.165) is 12.8 Å². The molecule has 226 valence electrons. The van der Waals surface area contributed by atoms with E-state index in [1.807, 2.05) is 0 Å². The SMILES string of the molecule is CC(C)(C)c1ccc2c(c1)-c1cc(C(C)(C)C)c[c]([Zr+2]([C]3=CC=CC3)=[C](c3ccc(I)cc3)c3ccc(I)cc3)c1C2.[Cl-].[Cl-]. The molecule has 2 aliphatic rings. The molecule has 0 aromatic heterocycles. The molecule has 44 heavy (non-hydrogen) atoms. The maximum Gasteiger partial charge on any atom is -1.00 e. The van der Waals surface area contributed by atoms with Crippen molar-refractivity contribution in [2.75, 3.05) is 0 Å². The minimum absolute atomic E-state index is 0. The number of allylic oxidation sites excluding steroid dienone is 4. The molecular formula is C39H38Cl2I2Zr. The van der Waals surface area contributed by atoms with E-state index in [1.165, 1.54) is 46.1 Å². The summed E-state index contributed by atoms with van der Waals surface area (Å²) in [7, 11) is 0. The smallest absolute Gasteiger partial charge is 1.00 e. The summed E-state index contributed by atoms with van der Waals surface area (Å²) in [5.41, 5.74) is 11.8. The Bertz CT molecular complexity index is 1740. The molecule has 0 radical (unpaired) electrons. The van der Waals surface area contributed by atoms with Gasteiger partial charge in [0, 0.05) is 0 Å². The second kappa shape index (κ2) is 14.1. The Morgan fingerprint density at radius 1 is 0.659 bits per heavy atom. The third kappa shape index (κ3) is 7.33. The predicted octanol–water partition coefficient (Wildman–Crippen LogP) is 4.43. The molecule has 0 saturated heterocycles. The van der Waals surface area contributed by atoms with Gasteiger partial charge in [-0.3, -0.25) is 0 Å². The zero-order chi connectivity index (χ0) is 29.8. The van der Waals surface area contributed by atoms with Crippen LogP contribution in [0.2, 0.25) is 0 Å². The fourth-order valence-electron chi connectivity index (χ4n) is 6.19. The molecule has 0 heterocycles. The van der Waals surface area contributed by atoms with E-state index in [0.29, 0.717) is 0 Å². The van der Waals surface area contributed by atoms with Gasteiger partial charge in [0.2, 0.25) is 0 Å². The van der Waals surface area contributed by atoms with Crippen LogP contribution >= 0.6 is 45.2 Å². The third-order valence-corrected chi connectivity index (χ3v) is 17.6. The minimum atomic E-state index is -2.69. The van der Waals surface area contributed by atoms with Crippen molar-refractivity contribution in [2.24, 2.45) is 0 Å². The van der Waals surface area contributed by atoms with Crippen molar-refractivity contribution in [2.45, 2.75) is 65.2 Å². The van der Waals surface area contributed by atoms with Gasteiger partial charge in [0.05, 0.1) is 0 Å². The summed E-state index contributed by atoms with van der Waals surface area (Å²) >= 11 is 2.18. The van der Waals surface area contributed by atoms with E-state index in [1.54, 1.807) is 15.3 Å². The van der Waals surface area contributed by atoms with Crippen molar-refractivity contribution in [3.05, 3.63) is 141 Å². The van der Waals surface area contributed by atoms with Crippen molar-refractivity contribution in [3.8, 4) is 11.1 Å². The fraction of sp³-hybridized carbons (Fsp3) is 0.256. The molecule has 0 atom stereocenters. The Morgan fingerprint density at radius 2 is 1.20 bits per heavy atom. The second-order valence-electron chi connectivity index (χ2n) is 13.7. The van der Waals surface area contributed by atoms with Gasteiger partial charge in [0.25, 0.3) is 0 Å². The molecule has 0 unspecified atom stereocenters. The minimum Gasteiger partial charge on any atom is -1.00 e. The van der Waals surface area contributed by atoms with Crippen LogP contribution in [0.15, 0.2) is 100 Å². The van der Waals surface area contributed by atoms with Crippen molar-refractivity contribution in [3.63, 3.8) is 0 Å². The van der Waals surface area contributed by atoms with Gasteiger partial charge in [-0.2, -0.15) is 0 Å². The predicted molar refractivity (Wildman–Crippen MR) is 195 cm³/mol. The van der Waals surface area contributed by atoms with E-state index in [-0.39, 0.29) is 35.6 Å². The third-order valence-electron chi connectivity index (χ3n) is 8.63. The van der Waals surface area contributed by atoms with E-state index in [9.17, 15) is 0 Å². The number of benzene rings is 4. The van der Waals surface area contributed by atoms with Crippen molar-refractivity contribution in [1.82, 2.24) is 0 Å². The number of fused-ring (bicyclic) bond motifs is 3. The first-order valence-corrected chi connectivity index (χ1v) is 20.7. The van der Waals surface area contributed by atoms with E-state index in [4.69, 9.17) is 0 Å². The molecule has 4 aromatic carbocycles. The van der Waals surface area contributed by atoms with E-state index >= 15 is 0 Å². The molecule has 0 fully saturated rings. The molecular weight excluding hydrogens is 884 g/mol. The topological polar surface area (TPSA) is 0 Å². The monoisotopic (exact) mass is 920 g/mol. The molecule has 0 N–H and O–H groups in total. The standard InChI is InChI=1S/C21H25.C13H8I2.C5H5.2ClH.Zr/c1-20(2,3)16-9-7-14-11-15-8-10-17(21(4,5)6)13-19(15)18(14)12-16;14-12-5-1-10(2-6-12)9-11-3-7-13(15)8-4-11;1-2-4-5-3-1;;;/h7,9-10,12-13H,11H2,1-6H3;1-8H;1-3H,4H2;2*1H;/q;;;;;+2/p-2. The van der Waals surface area contributed by atoms with Gasteiger partial charge >= 0.3 is 290 Å². The summed E-state index contributed by atoms with van der Waals surface area (Å²) in [6.45, 7) is 14.1. The van der Waals surface area contributed by atoms with E-state index in [2.05, 4.69) is 184 Å². The molecule has 0 saturated carbocycles. The summed E-state index contributed by atoms with van der Waals surface area (Å²) in [6.07, 6.45) is 9.24. The van der Waals surface area contributed by atoms with Crippen LogP contribution in [-0.2, 0) is 38.5 Å². The van der Waals surface area contributed by atoms with Crippen LogP contribution in [0, 0.1) is 7.14 Å². The van der Waals surface area contributed by atoms with E-state index < -0.39 is 21.3 Å². The van der Waals surface area contributed by atoms with Crippen LogP contribution in [-0.4, -0.2) is 3.21 Å². The quantitative estimate of drug-likeness (QED) is 0.235. The van der Waals surface area contributed by atoms with Gasteiger partial charge in [0.15, 0.2) is 0 Å². The largest absolute Gasteiger partial charge is 1.00 e. The van der Waals surface area contributed by atoms with Gasteiger partial charge in [-0.1, -0.05) is 0 Å². The first-order chi connectivity index (χ1) is 19.9.